The third kappa shape index (κ3) is 4.92. The van der Waals surface area contributed by atoms with Gasteiger partial charge in [-0.05, 0) is 20.8 Å². The second-order valence-electron chi connectivity index (χ2n) is 10.9. The Balaban J connectivity index is 0.935. The first-order chi connectivity index (χ1) is 16.3. The van der Waals surface area contributed by atoms with Crippen molar-refractivity contribution in [2.45, 2.75) is 113 Å². The van der Waals surface area contributed by atoms with E-state index in [4.69, 9.17) is 33.2 Å². The molecule has 0 amide bonds. The van der Waals surface area contributed by atoms with E-state index in [0.717, 1.165) is 24.8 Å². The average Bonchev–Trinajstić information content (AvgIpc) is 3.78. The van der Waals surface area contributed by atoms with Gasteiger partial charge >= 0.3 is 0 Å². The highest BCUT2D eigenvalue weighted by Gasteiger charge is 2.62. The molecule has 0 aliphatic carbocycles. The van der Waals surface area contributed by atoms with Crippen molar-refractivity contribution in [3.8, 4) is 0 Å². The Morgan fingerprint density at radius 2 is 1.53 bits per heavy atom. The Kier molecular flexibility index (Phi) is 6.02. The van der Waals surface area contributed by atoms with E-state index in [0.29, 0.717) is 19.6 Å². The van der Waals surface area contributed by atoms with Crippen molar-refractivity contribution < 1.29 is 38.3 Å². The molecule has 0 radical (unpaired) electrons. The van der Waals surface area contributed by atoms with Gasteiger partial charge in [-0.25, -0.2) is 0 Å². The Morgan fingerprint density at radius 3 is 2.26 bits per heavy atom. The van der Waals surface area contributed by atoms with Crippen LogP contribution in [0.3, 0.4) is 0 Å². The molecule has 6 rings (SSSR count). The molecule has 8 heteroatoms. The summed E-state index contributed by atoms with van der Waals surface area (Å²) in [5.41, 5.74) is 0.759. The zero-order valence-corrected chi connectivity index (χ0v) is 20.1. The van der Waals surface area contributed by atoms with Crippen LogP contribution in [0.1, 0.15) is 58.3 Å². The first-order valence-electron chi connectivity index (χ1n) is 12.6. The Labute approximate surface area is 200 Å². The SMILES string of the molecule is CC1(C)OC[C@@H](O)[C@H](C[C@H]2O[C@@H]2C[C@H]2O[C@@H]2C[C@H]2O[C@]2(C)[C@@H]2CCO[C@H](c3ccccc3)O2)O1. The lowest BCUT2D eigenvalue weighted by atomic mass is 9.94. The normalized spacial score (nSPS) is 47.2. The zero-order valence-electron chi connectivity index (χ0n) is 20.1. The van der Waals surface area contributed by atoms with Crippen molar-refractivity contribution in [1.82, 2.24) is 0 Å². The monoisotopic (exact) mass is 476 g/mol. The molecule has 0 bridgehead atoms. The highest BCUT2D eigenvalue weighted by molar-refractivity contribution is 5.17. The van der Waals surface area contributed by atoms with Crippen LogP contribution in [0.4, 0.5) is 0 Å². The van der Waals surface area contributed by atoms with E-state index >= 15 is 0 Å². The van der Waals surface area contributed by atoms with E-state index in [9.17, 15) is 5.11 Å². The topological polar surface area (TPSA) is 94.7 Å². The van der Waals surface area contributed by atoms with Gasteiger partial charge in [-0.2, -0.15) is 0 Å². The number of hydrogen-bond acceptors (Lipinski definition) is 8. The second kappa shape index (κ2) is 8.78. The number of hydrogen-bond donors (Lipinski definition) is 1. The summed E-state index contributed by atoms with van der Waals surface area (Å²) in [4.78, 5) is 0. The summed E-state index contributed by atoms with van der Waals surface area (Å²) < 4.78 is 41.5. The summed E-state index contributed by atoms with van der Waals surface area (Å²) in [6.45, 7) is 6.86. The van der Waals surface area contributed by atoms with Crippen molar-refractivity contribution in [3.05, 3.63) is 35.9 Å². The Hall–Kier alpha value is -1.10. The third-order valence-corrected chi connectivity index (χ3v) is 7.84. The van der Waals surface area contributed by atoms with Crippen LogP contribution in [0.2, 0.25) is 0 Å². The van der Waals surface area contributed by atoms with Crippen molar-refractivity contribution in [2.24, 2.45) is 0 Å². The summed E-state index contributed by atoms with van der Waals surface area (Å²) in [6.07, 6.45) is 2.96. The highest BCUT2D eigenvalue weighted by Crippen LogP contribution is 2.50. The number of benzene rings is 1. The smallest absolute Gasteiger partial charge is 0.184 e. The number of ether oxygens (including phenoxy) is 7. The summed E-state index contributed by atoms with van der Waals surface area (Å²) in [5.74, 6) is -0.662. The van der Waals surface area contributed by atoms with Gasteiger partial charge in [0.25, 0.3) is 0 Å². The molecule has 1 aromatic carbocycles. The quantitative estimate of drug-likeness (QED) is 0.573. The van der Waals surface area contributed by atoms with E-state index in [2.05, 4.69) is 6.92 Å². The average molecular weight is 477 g/mol. The third-order valence-electron chi connectivity index (χ3n) is 7.84. The molecule has 0 unspecified atom stereocenters. The van der Waals surface area contributed by atoms with Gasteiger partial charge in [-0.1, -0.05) is 30.3 Å². The van der Waals surface area contributed by atoms with E-state index in [1.54, 1.807) is 0 Å². The zero-order chi connectivity index (χ0) is 23.5. The Morgan fingerprint density at radius 1 is 0.853 bits per heavy atom. The van der Waals surface area contributed by atoms with Gasteiger partial charge in [0.2, 0.25) is 0 Å². The van der Waals surface area contributed by atoms with Crippen LogP contribution in [-0.2, 0) is 33.2 Å². The van der Waals surface area contributed by atoms with Gasteiger partial charge in [0.05, 0.1) is 55.9 Å². The van der Waals surface area contributed by atoms with Crippen molar-refractivity contribution in [2.75, 3.05) is 13.2 Å². The van der Waals surface area contributed by atoms with Gasteiger partial charge in [0, 0.05) is 31.2 Å². The number of rotatable bonds is 8. The van der Waals surface area contributed by atoms with Crippen LogP contribution in [0.25, 0.3) is 0 Å². The van der Waals surface area contributed by atoms with E-state index in [-0.39, 0.29) is 54.6 Å². The maximum atomic E-state index is 10.2. The molecule has 0 saturated carbocycles. The molecule has 0 spiro atoms. The summed E-state index contributed by atoms with van der Waals surface area (Å²) >= 11 is 0. The molecule has 188 valence electrons. The molecular weight excluding hydrogens is 440 g/mol. The largest absolute Gasteiger partial charge is 0.388 e. The van der Waals surface area contributed by atoms with Gasteiger partial charge in [-0.3, -0.25) is 0 Å². The predicted octanol–water partition coefficient (Wildman–Crippen LogP) is 2.87. The minimum atomic E-state index is -0.662. The molecule has 1 aromatic rings. The van der Waals surface area contributed by atoms with Crippen LogP contribution in [0.5, 0.6) is 0 Å². The summed E-state index contributed by atoms with van der Waals surface area (Å²) in [7, 11) is 0. The van der Waals surface area contributed by atoms with Gasteiger partial charge < -0.3 is 38.3 Å². The fourth-order valence-electron chi connectivity index (χ4n) is 5.52. The second-order valence-corrected chi connectivity index (χ2v) is 10.9. The first kappa shape index (κ1) is 23.3. The van der Waals surface area contributed by atoms with Crippen molar-refractivity contribution in [1.29, 1.82) is 0 Å². The van der Waals surface area contributed by atoms with Gasteiger partial charge in [0.15, 0.2) is 12.1 Å². The van der Waals surface area contributed by atoms with Crippen LogP contribution in [-0.4, -0.2) is 78.5 Å². The Bertz CT molecular complexity index is 864. The molecule has 10 atom stereocenters. The molecule has 5 saturated heterocycles. The van der Waals surface area contributed by atoms with Gasteiger partial charge in [-0.15, -0.1) is 0 Å². The van der Waals surface area contributed by atoms with Gasteiger partial charge in [0.1, 0.15) is 11.7 Å². The fraction of sp³-hybridized carbons (Fsp3) is 0.769. The number of aliphatic hydroxyl groups is 1. The first-order valence-corrected chi connectivity index (χ1v) is 12.6. The molecule has 1 N–H and O–H groups in total. The summed E-state index contributed by atoms with van der Waals surface area (Å²) in [6, 6.07) is 10.1. The van der Waals surface area contributed by atoms with Crippen LogP contribution < -0.4 is 0 Å². The maximum absolute atomic E-state index is 10.2. The minimum absolute atomic E-state index is 0.0138. The molecular formula is C26H36O8. The maximum Gasteiger partial charge on any atom is 0.184 e. The molecule has 5 heterocycles. The van der Waals surface area contributed by atoms with Crippen molar-refractivity contribution >= 4 is 0 Å². The van der Waals surface area contributed by atoms with Crippen LogP contribution in [0, 0.1) is 0 Å². The molecule has 5 fully saturated rings. The van der Waals surface area contributed by atoms with Crippen LogP contribution in [0.15, 0.2) is 30.3 Å². The standard InChI is InChI=1S/C26H36O8/c1-25(2)29-14-16(27)17(33-25)11-18-19(30-18)12-20-21(31-20)13-23-26(3,34-23)22-9-10-28-24(32-22)15-7-5-4-6-8-15/h4-8,16-24,27H,9-14H2,1-3H3/t16-,17+,18-,19-,20-,21-,22+,23-,24+,26-/m1/s1. The van der Waals surface area contributed by atoms with E-state index in [1.807, 2.05) is 44.2 Å². The highest BCUT2D eigenvalue weighted by atomic mass is 16.7. The lowest BCUT2D eigenvalue weighted by molar-refractivity contribution is -0.305. The fourth-order valence-corrected chi connectivity index (χ4v) is 5.52. The number of aliphatic hydroxyl groups excluding tert-OH is 1. The molecule has 34 heavy (non-hydrogen) atoms. The minimum Gasteiger partial charge on any atom is -0.388 e. The summed E-state index contributed by atoms with van der Waals surface area (Å²) in [5, 5.41) is 10.2. The molecule has 5 aliphatic rings. The molecule has 0 aromatic heterocycles. The number of epoxide rings is 3. The van der Waals surface area contributed by atoms with Crippen molar-refractivity contribution in [3.63, 3.8) is 0 Å². The van der Waals surface area contributed by atoms with E-state index in [1.165, 1.54) is 0 Å². The van der Waals surface area contributed by atoms with Crippen LogP contribution >= 0.6 is 0 Å². The molecule has 5 aliphatic heterocycles. The predicted molar refractivity (Wildman–Crippen MR) is 120 cm³/mol. The van der Waals surface area contributed by atoms with E-state index < -0.39 is 11.9 Å². The molecule has 8 nitrogen and oxygen atoms in total. The lowest BCUT2D eigenvalue weighted by Gasteiger charge is -2.38. The lowest BCUT2D eigenvalue weighted by Crippen LogP contribution is -2.49.